The van der Waals surface area contributed by atoms with Gasteiger partial charge < -0.3 is 9.47 Å². The average Bonchev–Trinajstić information content (AvgIpc) is 3.07. The van der Waals surface area contributed by atoms with Crippen LogP contribution in [0, 0.1) is 5.82 Å². The van der Waals surface area contributed by atoms with E-state index in [-0.39, 0.29) is 23.6 Å². The van der Waals surface area contributed by atoms with Crippen LogP contribution in [0.4, 0.5) is 14.9 Å². The second-order valence-electron chi connectivity index (χ2n) is 7.36. The number of carbonyl (C=O) groups is 2. The Balaban J connectivity index is 1.47. The Morgan fingerprint density at radius 3 is 2.48 bits per heavy atom. The van der Waals surface area contributed by atoms with E-state index in [1.54, 1.807) is 42.5 Å². The van der Waals surface area contributed by atoms with Crippen molar-refractivity contribution in [1.82, 2.24) is 0 Å². The summed E-state index contributed by atoms with van der Waals surface area (Å²) in [5.74, 6) is 0.464. The minimum Gasteiger partial charge on any atom is -0.490 e. The number of nitrogens with zero attached hydrogens (tertiary/aromatic N) is 1. The lowest BCUT2D eigenvalue weighted by Crippen LogP contribution is -2.32. The summed E-state index contributed by atoms with van der Waals surface area (Å²) in [6, 6.07) is 18.2. The highest BCUT2D eigenvalue weighted by Crippen LogP contribution is 2.36. The van der Waals surface area contributed by atoms with Gasteiger partial charge >= 0.3 is 0 Å². The van der Waals surface area contributed by atoms with Crippen LogP contribution in [-0.2, 0) is 17.8 Å². The van der Waals surface area contributed by atoms with Crippen LogP contribution in [0.2, 0.25) is 5.02 Å². The van der Waals surface area contributed by atoms with Crippen molar-refractivity contribution in [3.05, 3.63) is 88.7 Å². The Bertz CT molecular complexity index is 1170. The average molecular weight is 486 g/mol. The van der Waals surface area contributed by atoms with E-state index in [2.05, 4.69) is 0 Å². The molecule has 0 saturated carbocycles. The Morgan fingerprint density at radius 2 is 1.76 bits per heavy atom. The van der Waals surface area contributed by atoms with Crippen molar-refractivity contribution in [2.45, 2.75) is 25.2 Å². The first-order valence-electron chi connectivity index (χ1n) is 10.4. The number of thioether (sulfide) groups is 1. The topological polar surface area (TPSA) is 55.8 Å². The smallest absolute Gasteiger partial charge is 0.293 e. The predicted molar refractivity (Wildman–Crippen MR) is 128 cm³/mol. The van der Waals surface area contributed by atoms with Gasteiger partial charge in [-0.05, 0) is 73.0 Å². The van der Waals surface area contributed by atoms with Gasteiger partial charge in [0.1, 0.15) is 12.4 Å². The number of amides is 2. The number of rotatable bonds is 8. The number of hydrogen-bond acceptors (Lipinski definition) is 5. The van der Waals surface area contributed by atoms with Gasteiger partial charge in [-0.2, -0.15) is 0 Å². The molecule has 1 saturated heterocycles. The lowest BCUT2D eigenvalue weighted by molar-refractivity contribution is -0.117. The first-order valence-corrected chi connectivity index (χ1v) is 11.6. The maximum Gasteiger partial charge on any atom is 0.293 e. The minimum absolute atomic E-state index is 0.193. The number of ether oxygens (including phenoxy) is 2. The standard InChI is InChI=1S/C25H21ClFNO4S/c1-2-31-22-13-16(6-11-21(22)32-15-17-4-3-5-19(27)12-17)14-23-24(29)28(25(30)33-23)20-9-7-18(26)8-10-20/h3-13,23H,2,14-15H2,1H3/t23-/m0/s1. The van der Waals surface area contributed by atoms with Gasteiger partial charge in [0.2, 0.25) is 5.91 Å². The molecular weight excluding hydrogens is 465 g/mol. The molecule has 1 atom stereocenters. The number of benzene rings is 3. The van der Waals surface area contributed by atoms with Crippen LogP contribution < -0.4 is 14.4 Å². The van der Waals surface area contributed by atoms with E-state index in [4.69, 9.17) is 21.1 Å². The molecule has 0 spiro atoms. The van der Waals surface area contributed by atoms with Crippen LogP contribution in [-0.4, -0.2) is 23.0 Å². The van der Waals surface area contributed by atoms with E-state index < -0.39 is 5.25 Å². The first kappa shape index (κ1) is 23.1. The molecule has 3 aromatic rings. The molecule has 170 valence electrons. The van der Waals surface area contributed by atoms with Gasteiger partial charge in [0.25, 0.3) is 5.24 Å². The molecule has 1 heterocycles. The van der Waals surface area contributed by atoms with Crippen molar-refractivity contribution >= 4 is 40.2 Å². The van der Waals surface area contributed by atoms with E-state index in [0.717, 1.165) is 17.3 Å². The van der Waals surface area contributed by atoms with Crippen LogP contribution in [0.1, 0.15) is 18.1 Å². The van der Waals surface area contributed by atoms with E-state index in [0.29, 0.717) is 40.8 Å². The lowest BCUT2D eigenvalue weighted by Gasteiger charge is -2.15. The van der Waals surface area contributed by atoms with Gasteiger partial charge in [-0.15, -0.1) is 0 Å². The number of carbonyl (C=O) groups excluding carboxylic acids is 2. The molecule has 3 aromatic carbocycles. The highest BCUT2D eigenvalue weighted by Gasteiger charge is 2.40. The van der Waals surface area contributed by atoms with Gasteiger partial charge in [0.15, 0.2) is 11.5 Å². The molecule has 0 N–H and O–H groups in total. The summed E-state index contributed by atoms with van der Waals surface area (Å²) in [7, 11) is 0. The van der Waals surface area contributed by atoms with Crippen molar-refractivity contribution in [1.29, 1.82) is 0 Å². The molecule has 4 rings (SSSR count). The number of halogens is 2. The third-order valence-electron chi connectivity index (χ3n) is 5.02. The molecule has 0 aliphatic carbocycles. The van der Waals surface area contributed by atoms with Gasteiger partial charge in [0, 0.05) is 5.02 Å². The maximum absolute atomic E-state index is 13.4. The first-order chi connectivity index (χ1) is 15.9. The quantitative estimate of drug-likeness (QED) is 0.376. The summed E-state index contributed by atoms with van der Waals surface area (Å²) in [4.78, 5) is 26.6. The summed E-state index contributed by atoms with van der Waals surface area (Å²) in [5.41, 5.74) is 2.05. The molecular formula is C25H21ClFNO4S. The summed E-state index contributed by atoms with van der Waals surface area (Å²) < 4.78 is 25.0. The van der Waals surface area contributed by atoms with Gasteiger partial charge in [-0.3, -0.25) is 9.59 Å². The van der Waals surface area contributed by atoms with Crippen LogP contribution in [0.25, 0.3) is 0 Å². The monoisotopic (exact) mass is 485 g/mol. The molecule has 0 radical (unpaired) electrons. The molecule has 1 fully saturated rings. The van der Waals surface area contributed by atoms with Gasteiger partial charge in [0.05, 0.1) is 17.5 Å². The number of anilines is 1. The Morgan fingerprint density at radius 1 is 0.970 bits per heavy atom. The predicted octanol–water partition coefficient (Wildman–Crippen LogP) is 6.27. The zero-order chi connectivity index (χ0) is 23.4. The second kappa shape index (κ2) is 10.3. The van der Waals surface area contributed by atoms with E-state index in [1.165, 1.54) is 17.0 Å². The summed E-state index contributed by atoms with van der Waals surface area (Å²) >= 11 is 6.92. The van der Waals surface area contributed by atoms with E-state index in [9.17, 15) is 14.0 Å². The summed E-state index contributed by atoms with van der Waals surface area (Å²) in [6.45, 7) is 2.49. The van der Waals surface area contributed by atoms with Gasteiger partial charge in [-0.25, -0.2) is 9.29 Å². The third-order valence-corrected chi connectivity index (χ3v) is 6.31. The fourth-order valence-electron chi connectivity index (χ4n) is 3.48. The van der Waals surface area contributed by atoms with Crippen LogP contribution in [0.3, 0.4) is 0 Å². The van der Waals surface area contributed by atoms with Gasteiger partial charge in [-0.1, -0.05) is 41.6 Å². The van der Waals surface area contributed by atoms with Crippen molar-refractivity contribution in [3.8, 4) is 11.5 Å². The molecule has 2 amide bonds. The zero-order valence-corrected chi connectivity index (χ0v) is 19.4. The highest BCUT2D eigenvalue weighted by molar-refractivity contribution is 8.15. The maximum atomic E-state index is 13.4. The van der Waals surface area contributed by atoms with Crippen LogP contribution in [0.5, 0.6) is 11.5 Å². The Kier molecular flexibility index (Phi) is 7.20. The zero-order valence-electron chi connectivity index (χ0n) is 17.8. The van der Waals surface area contributed by atoms with E-state index >= 15 is 0 Å². The largest absolute Gasteiger partial charge is 0.490 e. The molecule has 1 aliphatic heterocycles. The molecule has 1 aliphatic rings. The Labute approximate surface area is 200 Å². The lowest BCUT2D eigenvalue weighted by atomic mass is 10.1. The van der Waals surface area contributed by atoms with Crippen molar-refractivity contribution in [2.75, 3.05) is 11.5 Å². The minimum atomic E-state index is -0.540. The van der Waals surface area contributed by atoms with Crippen molar-refractivity contribution in [2.24, 2.45) is 0 Å². The second-order valence-corrected chi connectivity index (χ2v) is 8.95. The fourth-order valence-corrected chi connectivity index (χ4v) is 4.63. The fraction of sp³-hybridized carbons (Fsp3) is 0.200. The third kappa shape index (κ3) is 5.49. The molecule has 0 aromatic heterocycles. The molecule has 33 heavy (non-hydrogen) atoms. The summed E-state index contributed by atoms with van der Waals surface area (Å²) in [5, 5.41) is -0.320. The highest BCUT2D eigenvalue weighted by atomic mass is 35.5. The molecule has 5 nitrogen and oxygen atoms in total. The molecule has 8 heteroatoms. The number of hydrogen-bond donors (Lipinski definition) is 0. The number of imide groups is 1. The molecule has 0 bridgehead atoms. The van der Waals surface area contributed by atoms with Crippen LogP contribution in [0.15, 0.2) is 66.7 Å². The van der Waals surface area contributed by atoms with E-state index in [1.807, 2.05) is 19.1 Å². The SMILES string of the molecule is CCOc1cc(C[C@@H]2SC(=O)N(c3ccc(Cl)cc3)C2=O)ccc1OCc1cccc(F)c1. The Hall–Kier alpha value is -3.03. The van der Waals surface area contributed by atoms with Crippen LogP contribution >= 0.6 is 23.4 Å². The molecule has 0 unspecified atom stereocenters. The van der Waals surface area contributed by atoms with Crippen molar-refractivity contribution < 1.29 is 23.5 Å². The summed E-state index contributed by atoms with van der Waals surface area (Å²) in [6.07, 6.45) is 0.365. The van der Waals surface area contributed by atoms with Crippen molar-refractivity contribution in [3.63, 3.8) is 0 Å². The normalized spacial score (nSPS) is 15.7.